The molecule has 0 heterocycles. The van der Waals surface area contributed by atoms with Crippen molar-refractivity contribution in [2.75, 3.05) is 6.54 Å². The monoisotopic (exact) mass is 285 g/mol. The molecule has 1 N–H and O–H groups in total. The molecule has 3 atom stereocenters. The molecule has 116 valence electrons. The van der Waals surface area contributed by atoms with Gasteiger partial charge in [0, 0.05) is 6.04 Å². The summed E-state index contributed by atoms with van der Waals surface area (Å²) < 4.78 is 0. The van der Waals surface area contributed by atoms with E-state index in [-0.39, 0.29) is 0 Å². The first-order valence-electron chi connectivity index (χ1n) is 9.11. The summed E-state index contributed by atoms with van der Waals surface area (Å²) in [6.45, 7) is 5.75. The van der Waals surface area contributed by atoms with E-state index in [1.54, 1.807) is 11.1 Å². The lowest BCUT2D eigenvalue weighted by Crippen LogP contribution is -2.31. The third kappa shape index (κ3) is 3.51. The van der Waals surface area contributed by atoms with Crippen LogP contribution in [-0.2, 0) is 0 Å². The average molecular weight is 285 g/mol. The Morgan fingerprint density at radius 3 is 2.62 bits per heavy atom. The van der Waals surface area contributed by atoms with Crippen LogP contribution in [0.15, 0.2) is 24.3 Å². The van der Waals surface area contributed by atoms with Crippen molar-refractivity contribution in [3.8, 4) is 0 Å². The van der Waals surface area contributed by atoms with E-state index in [4.69, 9.17) is 0 Å². The fourth-order valence-corrected chi connectivity index (χ4v) is 4.31. The van der Waals surface area contributed by atoms with Crippen LogP contribution < -0.4 is 5.32 Å². The van der Waals surface area contributed by atoms with Crippen molar-refractivity contribution in [3.63, 3.8) is 0 Å². The predicted molar refractivity (Wildman–Crippen MR) is 90.6 cm³/mol. The minimum atomic E-state index is 0.567. The standard InChI is InChI=1S/C20H31N/c1-3-21-20(18-11-4-7-15(2)13-18)19-12-6-10-17(14-19)16-8-5-9-16/h6,10,12,14-16,18,20-21H,3-5,7-9,11,13H2,1-2H3. The van der Waals surface area contributed by atoms with Crippen molar-refractivity contribution < 1.29 is 0 Å². The topological polar surface area (TPSA) is 12.0 Å². The molecule has 0 saturated heterocycles. The highest BCUT2D eigenvalue weighted by atomic mass is 14.9. The second-order valence-corrected chi connectivity index (χ2v) is 7.37. The second kappa shape index (κ2) is 6.96. The molecule has 0 aliphatic heterocycles. The molecule has 21 heavy (non-hydrogen) atoms. The normalized spacial score (nSPS) is 28.1. The smallest absolute Gasteiger partial charge is 0.0348 e. The third-order valence-electron chi connectivity index (χ3n) is 5.72. The van der Waals surface area contributed by atoms with Crippen molar-refractivity contribution in [1.82, 2.24) is 5.32 Å². The molecular formula is C20H31N. The number of hydrogen-bond acceptors (Lipinski definition) is 1. The number of hydrogen-bond donors (Lipinski definition) is 1. The van der Waals surface area contributed by atoms with E-state index in [0.29, 0.717) is 6.04 Å². The highest BCUT2D eigenvalue weighted by molar-refractivity contribution is 5.30. The van der Waals surface area contributed by atoms with Gasteiger partial charge >= 0.3 is 0 Å². The summed E-state index contributed by atoms with van der Waals surface area (Å²) >= 11 is 0. The van der Waals surface area contributed by atoms with Crippen molar-refractivity contribution in [2.24, 2.45) is 11.8 Å². The zero-order valence-electron chi connectivity index (χ0n) is 13.8. The molecule has 2 aliphatic rings. The van der Waals surface area contributed by atoms with Crippen LogP contribution in [0.5, 0.6) is 0 Å². The first kappa shape index (κ1) is 15.1. The van der Waals surface area contributed by atoms with Crippen LogP contribution in [0.3, 0.4) is 0 Å². The fraction of sp³-hybridized carbons (Fsp3) is 0.700. The lowest BCUT2D eigenvalue weighted by Gasteiger charge is -2.35. The Bertz CT molecular complexity index is 449. The quantitative estimate of drug-likeness (QED) is 0.760. The van der Waals surface area contributed by atoms with Gasteiger partial charge in [-0.05, 0) is 61.1 Å². The maximum absolute atomic E-state index is 3.79. The van der Waals surface area contributed by atoms with Crippen molar-refractivity contribution in [2.45, 2.75) is 70.8 Å². The maximum Gasteiger partial charge on any atom is 0.0348 e. The first-order chi connectivity index (χ1) is 10.3. The molecule has 0 bridgehead atoms. The van der Waals surface area contributed by atoms with Crippen LogP contribution in [0.4, 0.5) is 0 Å². The summed E-state index contributed by atoms with van der Waals surface area (Å²) in [6, 6.07) is 10.1. The molecular weight excluding hydrogens is 254 g/mol. The van der Waals surface area contributed by atoms with Crippen LogP contribution >= 0.6 is 0 Å². The molecule has 3 rings (SSSR count). The molecule has 0 aromatic heterocycles. The molecule has 1 nitrogen and oxygen atoms in total. The molecule has 1 aromatic carbocycles. The molecule has 1 heteroatoms. The molecule has 0 amide bonds. The van der Waals surface area contributed by atoms with Crippen molar-refractivity contribution >= 4 is 0 Å². The fourth-order valence-electron chi connectivity index (χ4n) is 4.31. The van der Waals surface area contributed by atoms with Gasteiger partial charge in [-0.15, -0.1) is 0 Å². The van der Waals surface area contributed by atoms with Crippen LogP contribution in [0.1, 0.15) is 81.9 Å². The maximum atomic E-state index is 3.79. The zero-order chi connectivity index (χ0) is 14.7. The molecule has 0 spiro atoms. The SMILES string of the molecule is CCNC(c1cccc(C2CCC2)c1)C1CCCC(C)C1. The van der Waals surface area contributed by atoms with Gasteiger partial charge in [0.15, 0.2) is 0 Å². The van der Waals surface area contributed by atoms with Gasteiger partial charge in [0.2, 0.25) is 0 Å². The second-order valence-electron chi connectivity index (χ2n) is 7.37. The highest BCUT2D eigenvalue weighted by Crippen LogP contribution is 2.40. The van der Waals surface area contributed by atoms with E-state index in [0.717, 1.165) is 24.3 Å². The number of benzene rings is 1. The van der Waals surface area contributed by atoms with Gasteiger partial charge in [-0.1, -0.05) is 57.4 Å². The molecule has 0 radical (unpaired) electrons. The Kier molecular flexibility index (Phi) is 5.00. The van der Waals surface area contributed by atoms with Gasteiger partial charge in [0.25, 0.3) is 0 Å². The average Bonchev–Trinajstić information content (AvgIpc) is 2.43. The van der Waals surface area contributed by atoms with E-state index in [1.165, 1.54) is 44.9 Å². The van der Waals surface area contributed by atoms with Crippen LogP contribution in [0.25, 0.3) is 0 Å². The summed E-state index contributed by atoms with van der Waals surface area (Å²) in [7, 11) is 0. The zero-order valence-corrected chi connectivity index (χ0v) is 13.8. The van der Waals surface area contributed by atoms with E-state index >= 15 is 0 Å². The lowest BCUT2D eigenvalue weighted by molar-refractivity contribution is 0.225. The van der Waals surface area contributed by atoms with E-state index in [9.17, 15) is 0 Å². The Morgan fingerprint density at radius 2 is 1.95 bits per heavy atom. The van der Waals surface area contributed by atoms with E-state index < -0.39 is 0 Å². The van der Waals surface area contributed by atoms with Crippen LogP contribution in [0.2, 0.25) is 0 Å². The number of nitrogens with one attached hydrogen (secondary N) is 1. The summed E-state index contributed by atoms with van der Waals surface area (Å²) in [6.07, 6.45) is 9.85. The van der Waals surface area contributed by atoms with E-state index in [2.05, 4.69) is 43.4 Å². The largest absolute Gasteiger partial charge is 0.310 e. The van der Waals surface area contributed by atoms with Gasteiger partial charge in [0.1, 0.15) is 0 Å². The molecule has 2 saturated carbocycles. The predicted octanol–water partition coefficient (Wildman–Crippen LogP) is 5.43. The Morgan fingerprint density at radius 1 is 1.14 bits per heavy atom. The van der Waals surface area contributed by atoms with Crippen LogP contribution in [-0.4, -0.2) is 6.54 Å². The lowest BCUT2D eigenvalue weighted by atomic mass is 9.75. The highest BCUT2D eigenvalue weighted by Gasteiger charge is 2.28. The molecule has 1 aromatic rings. The van der Waals surface area contributed by atoms with Crippen molar-refractivity contribution in [1.29, 1.82) is 0 Å². The van der Waals surface area contributed by atoms with Crippen molar-refractivity contribution in [3.05, 3.63) is 35.4 Å². The minimum Gasteiger partial charge on any atom is -0.310 e. The van der Waals surface area contributed by atoms with E-state index in [1.807, 2.05) is 0 Å². The molecule has 2 aliphatic carbocycles. The van der Waals surface area contributed by atoms with Gasteiger partial charge in [-0.3, -0.25) is 0 Å². The van der Waals surface area contributed by atoms with Crippen LogP contribution in [0, 0.1) is 11.8 Å². The van der Waals surface area contributed by atoms with Gasteiger partial charge < -0.3 is 5.32 Å². The summed E-state index contributed by atoms with van der Waals surface area (Å²) in [5, 5.41) is 3.79. The summed E-state index contributed by atoms with van der Waals surface area (Å²) in [5.41, 5.74) is 3.13. The van der Waals surface area contributed by atoms with Gasteiger partial charge in [0.05, 0.1) is 0 Å². The number of rotatable bonds is 5. The minimum absolute atomic E-state index is 0.567. The third-order valence-corrected chi connectivity index (χ3v) is 5.72. The summed E-state index contributed by atoms with van der Waals surface area (Å²) in [5.74, 6) is 2.57. The summed E-state index contributed by atoms with van der Waals surface area (Å²) in [4.78, 5) is 0. The Balaban J connectivity index is 1.79. The molecule has 2 fully saturated rings. The molecule has 3 unspecified atom stereocenters. The van der Waals surface area contributed by atoms with Gasteiger partial charge in [-0.25, -0.2) is 0 Å². The Hall–Kier alpha value is -0.820. The Labute approximate surface area is 130 Å². The first-order valence-corrected chi connectivity index (χ1v) is 9.11. The van der Waals surface area contributed by atoms with Gasteiger partial charge in [-0.2, -0.15) is 0 Å².